The molecule has 0 aliphatic rings. The lowest BCUT2D eigenvalue weighted by Crippen LogP contribution is -2.23. The van der Waals surface area contributed by atoms with Gasteiger partial charge in [0.05, 0.1) is 0 Å². The number of hydrogen-bond acceptors (Lipinski definition) is 4. The first-order valence-electron chi connectivity index (χ1n) is 4.70. The van der Waals surface area contributed by atoms with Crippen LogP contribution in [0.3, 0.4) is 0 Å². The fourth-order valence-electron chi connectivity index (χ4n) is 1.41. The zero-order chi connectivity index (χ0) is 11.1. The van der Waals surface area contributed by atoms with Gasteiger partial charge in [-0.15, -0.1) is 10.2 Å². The van der Waals surface area contributed by atoms with E-state index in [9.17, 15) is 0 Å². The van der Waals surface area contributed by atoms with Crippen molar-refractivity contribution < 1.29 is 4.74 Å². The van der Waals surface area contributed by atoms with Gasteiger partial charge in [-0.05, 0) is 26.0 Å². The first-order chi connectivity index (χ1) is 7.04. The number of aromatic nitrogens is 3. The van der Waals surface area contributed by atoms with E-state index >= 15 is 0 Å². The van der Waals surface area contributed by atoms with E-state index in [-0.39, 0.29) is 0 Å². The minimum Gasteiger partial charge on any atom is -0.398 e. The van der Waals surface area contributed by atoms with Crippen LogP contribution in [0.25, 0.3) is 5.65 Å². The number of rotatable bonds is 2. The molecule has 0 radical (unpaired) electrons. The molecular weight excluding hydrogens is 192 g/mol. The standard InChI is InChI=1S/C10H14N4O/c1-10(2,15-3)9-13-12-8-5-4-7(11)6-14(8)9/h4-6H,11H2,1-3H3. The Morgan fingerprint density at radius 1 is 1.33 bits per heavy atom. The maximum atomic E-state index is 5.72. The third-order valence-corrected chi connectivity index (χ3v) is 2.47. The predicted molar refractivity (Wildman–Crippen MR) is 57.4 cm³/mol. The molecule has 15 heavy (non-hydrogen) atoms. The molecule has 2 aromatic heterocycles. The molecule has 0 atom stereocenters. The molecule has 2 heterocycles. The monoisotopic (exact) mass is 206 g/mol. The number of anilines is 1. The van der Waals surface area contributed by atoms with Crippen molar-refractivity contribution in [2.45, 2.75) is 19.4 Å². The zero-order valence-electron chi connectivity index (χ0n) is 9.06. The van der Waals surface area contributed by atoms with Crippen LogP contribution in [0.2, 0.25) is 0 Å². The number of nitrogens with two attached hydrogens (primary N) is 1. The van der Waals surface area contributed by atoms with Gasteiger partial charge in [-0.3, -0.25) is 4.40 Å². The Kier molecular flexibility index (Phi) is 2.12. The van der Waals surface area contributed by atoms with Gasteiger partial charge in [0, 0.05) is 19.0 Å². The van der Waals surface area contributed by atoms with Crippen molar-refractivity contribution >= 4 is 11.3 Å². The molecule has 0 aromatic carbocycles. The second-order valence-electron chi connectivity index (χ2n) is 3.93. The molecule has 0 aliphatic heterocycles. The van der Waals surface area contributed by atoms with Crippen molar-refractivity contribution in [1.82, 2.24) is 14.6 Å². The lowest BCUT2D eigenvalue weighted by molar-refractivity contribution is 0.0106. The number of pyridine rings is 1. The average Bonchev–Trinajstić information content (AvgIpc) is 2.61. The maximum absolute atomic E-state index is 5.72. The van der Waals surface area contributed by atoms with Crippen LogP contribution in [-0.4, -0.2) is 21.7 Å². The highest BCUT2D eigenvalue weighted by Gasteiger charge is 2.25. The molecule has 0 saturated carbocycles. The highest BCUT2D eigenvalue weighted by molar-refractivity contribution is 5.47. The third kappa shape index (κ3) is 1.55. The van der Waals surface area contributed by atoms with Crippen LogP contribution in [0.4, 0.5) is 5.69 Å². The van der Waals surface area contributed by atoms with Gasteiger partial charge in [-0.25, -0.2) is 0 Å². The summed E-state index contributed by atoms with van der Waals surface area (Å²) in [5.41, 5.74) is 6.68. The second-order valence-corrected chi connectivity index (χ2v) is 3.93. The van der Waals surface area contributed by atoms with Crippen molar-refractivity contribution in [2.24, 2.45) is 0 Å². The van der Waals surface area contributed by atoms with E-state index in [0.29, 0.717) is 5.69 Å². The summed E-state index contributed by atoms with van der Waals surface area (Å²) in [5.74, 6) is 0.743. The summed E-state index contributed by atoms with van der Waals surface area (Å²) in [6.07, 6.45) is 1.80. The van der Waals surface area contributed by atoms with Crippen molar-refractivity contribution in [3.05, 3.63) is 24.2 Å². The number of nitrogen functional groups attached to an aromatic ring is 1. The molecule has 0 saturated heterocycles. The Bertz CT molecular complexity index is 489. The molecule has 0 aliphatic carbocycles. The van der Waals surface area contributed by atoms with Gasteiger partial charge < -0.3 is 10.5 Å². The quantitative estimate of drug-likeness (QED) is 0.801. The minimum absolute atomic E-state index is 0.479. The molecular formula is C10H14N4O. The van der Waals surface area contributed by atoms with Crippen LogP contribution in [0.15, 0.2) is 18.3 Å². The summed E-state index contributed by atoms with van der Waals surface area (Å²) in [4.78, 5) is 0. The van der Waals surface area contributed by atoms with Crippen molar-refractivity contribution in [1.29, 1.82) is 0 Å². The SMILES string of the molecule is COC(C)(C)c1nnc2ccc(N)cn12. The van der Waals surface area contributed by atoms with E-state index in [1.807, 2.05) is 24.3 Å². The van der Waals surface area contributed by atoms with E-state index in [2.05, 4.69) is 10.2 Å². The summed E-state index contributed by atoms with van der Waals surface area (Å²) < 4.78 is 7.21. The van der Waals surface area contributed by atoms with E-state index < -0.39 is 5.60 Å². The summed E-state index contributed by atoms with van der Waals surface area (Å²) in [6.45, 7) is 3.87. The zero-order valence-corrected chi connectivity index (χ0v) is 9.06. The Balaban J connectivity index is 2.67. The first-order valence-corrected chi connectivity index (χ1v) is 4.70. The molecule has 80 valence electrons. The van der Waals surface area contributed by atoms with Gasteiger partial charge in [0.1, 0.15) is 5.60 Å². The van der Waals surface area contributed by atoms with E-state index in [1.54, 1.807) is 19.4 Å². The second kappa shape index (κ2) is 3.20. The normalized spacial score (nSPS) is 12.2. The number of nitrogens with zero attached hydrogens (tertiary/aromatic N) is 3. The van der Waals surface area contributed by atoms with Crippen LogP contribution in [-0.2, 0) is 10.3 Å². The Hall–Kier alpha value is -1.62. The fraction of sp³-hybridized carbons (Fsp3) is 0.400. The van der Waals surface area contributed by atoms with Crippen molar-refractivity contribution in [3.8, 4) is 0 Å². The van der Waals surface area contributed by atoms with Crippen LogP contribution in [0.1, 0.15) is 19.7 Å². The largest absolute Gasteiger partial charge is 0.398 e. The maximum Gasteiger partial charge on any atom is 0.169 e. The summed E-state index contributed by atoms with van der Waals surface area (Å²) in [6, 6.07) is 3.63. The highest BCUT2D eigenvalue weighted by atomic mass is 16.5. The lowest BCUT2D eigenvalue weighted by Gasteiger charge is -2.20. The van der Waals surface area contributed by atoms with Gasteiger partial charge in [0.25, 0.3) is 0 Å². The van der Waals surface area contributed by atoms with Crippen LogP contribution < -0.4 is 5.73 Å². The first kappa shape index (κ1) is 9.92. The molecule has 2 aromatic rings. The summed E-state index contributed by atoms with van der Waals surface area (Å²) in [5, 5.41) is 8.16. The van der Waals surface area contributed by atoms with E-state index in [4.69, 9.17) is 10.5 Å². The average molecular weight is 206 g/mol. The molecule has 5 heteroatoms. The summed E-state index contributed by atoms with van der Waals surface area (Å²) in [7, 11) is 1.65. The van der Waals surface area contributed by atoms with Crippen LogP contribution >= 0.6 is 0 Å². The smallest absolute Gasteiger partial charge is 0.169 e. The molecule has 5 nitrogen and oxygen atoms in total. The number of methoxy groups -OCH3 is 1. The Morgan fingerprint density at radius 2 is 2.07 bits per heavy atom. The van der Waals surface area contributed by atoms with E-state index in [0.717, 1.165) is 11.5 Å². The minimum atomic E-state index is -0.479. The van der Waals surface area contributed by atoms with Crippen molar-refractivity contribution in [2.75, 3.05) is 12.8 Å². The van der Waals surface area contributed by atoms with Crippen LogP contribution in [0, 0.1) is 0 Å². The topological polar surface area (TPSA) is 65.4 Å². The fourth-order valence-corrected chi connectivity index (χ4v) is 1.41. The third-order valence-electron chi connectivity index (χ3n) is 2.47. The molecule has 0 bridgehead atoms. The molecule has 2 N–H and O–H groups in total. The van der Waals surface area contributed by atoms with Crippen molar-refractivity contribution in [3.63, 3.8) is 0 Å². The van der Waals surface area contributed by atoms with Gasteiger partial charge in [0.2, 0.25) is 0 Å². The van der Waals surface area contributed by atoms with Gasteiger partial charge >= 0.3 is 0 Å². The molecule has 0 spiro atoms. The molecule has 0 fully saturated rings. The number of ether oxygens (including phenoxy) is 1. The molecule has 2 rings (SSSR count). The lowest BCUT2D eigenvalue weighted by atomic mass is 10.1. The Morgan fingerprint density at radius 3 is 2.73 bits per heavy atom. The van der Waals surface area contributed by atoms with E-state index in [1.165, 1.54) is 0 Å². The highest BCUT2D eigenvalue weighted by Crippen LogP contribution is 2.22. The van der Waals surface area contributed by atoms with Gasteiger partial charge in [-0.1, -0.05) is 0 Å². The predicted octanol–water partition coefficient (Wildman–Crippen LogP) is 1.19. The van der Waals surface area contributed by atoms with Crippen LogP contribution in [0.5, 0.6) is 0 Å². The molecule has 0 unspecified atom stereocenters. The molecule has 0 amide bonds. The number of fused-ring (bicyclic) bond motifs is 1. The van der Waals surface area contributed by atoms with Gasteiger partial charge in [0.15, 0.2) is 11.5 Å². The summed E-state index contributed by atoms with van der Waals surface area (Å²) >= 11 is 0. The van der Waals surface area contributed by atoms with Gasteiger partial charge in [-0.2, -0.15) is 0 Å². The number of hydrogen-bond donors (Lipinski definition) is 1. The Labute approximate surface area is 87.9 Å².